The molecule has 0 aliphatic rings. The van der Waals surface area contributed by atoms with Crippen molar-refractivity contribution in [3.63, 3.8) is 0 Å². The van der Waals surface area contributed by atoms with Crippen LogP contribution in [0.5, 0.6) is 5.75 Å². The fourth-order valence-corrected chi connectivity index (χ4v) is 0.951. The molecule has 0 aliphatic heterocycles. The fraction of sp³-hybridized carbons (Fsp3) is 0.182. The molecule has 0 unspecified atom stereocenters. The summed E-state index contributed by atoms with van der Waals surface area (Å²) in [5.41, 5.74) is 5.10. The Bertz CT molecular complexity index is 432. The molecule has 4 heteroatoms. The lowest BCUT2D eigenvalue weighted by molar-refractivity contribution is -0.117. The molecule has 3 nitrogen and oxygen atoms in total. The molecule has 0 atom stereocenters. The zero-order valence-corrected chi connectivity index (χ0v) is 8.21. The van der Waals surface area contributed by atoms with Gasteiger partial charge in [0, 0.05) is 6.07 Å². The summed E-state index contributed by atoms with van der Waals surface area (Å²) < 4.78 is 18.1. The molecule has 1 amide bonds. The monoisotopic (exact) mass is 207 g/mol. The lowest BCUT2D eigenvalue weighted by atomic mass is 10.2. The van der Waals surface area contributed by atoms with Crippen molar-refractivity contribution >= 4 is 5.91 Å². The first kappa shape index (κ1) is 11.1. The summed E-state index contributed by atoms with van der Waals surface area (Å²) in [6, 6.07) is 4.31. The van der Waals surface area contributed by atoms with E-state index in [9.17, 15) is 9.18 Å². The standard InChI is InChI=1S/C11H10FNO2/c1-15-9-6-5-8(10(12)7-9)3-2-4-11(13)14/h5-7H,4H2,1H3,(H2,13,14). The number of carbonyl (C=O) groups is 1. The Hall–Kier alpha value is -2.02. The second kappa shape index (κ2) is 5.01. The topological polar surface area (TPSA) is 52.3 Å². The second-order valence-corrected chi connectivity index (χ2v) is 2.79. The number of carbonyl (C=O) groups excluding carboxylic acids is 1. The van der Waals surface area contributed by atoms with Gasteiger partial charge in [-0.25, -0.2) is 4.39 Å². The number of benzene rings is 1. The van der Waals surface area contributed by atoms with Crippen LogP contribution in [0.1, 0.15) is 12.0 Å². The summed E-state index contributed by atoms with van der Waals surface area (Å²) in [6.45, 7) is 0. The number of ether oxygens (including phenoxy) is 1. The van der Waals surface area contributed by atoms with Crippen LogP contribution in [0.2, 0.25) is 0 Å². The SMILES string of the molecule is COc1ccc(C#CCC(N)=O)c(F)c1. The van der Waals surface area contributed by atoms with Crippen molar-refractivity contribution < 1.29 is 13.9 Å². The zero-order chi connectivity index (χ0) is 11.3. The maximum Gasteiger partial charge on any atom is 0.229 e. The van der Waals surface area contributed by atoms with Crippen LogP contribution >= 0.6 is 0 Å². The van der Waals surface area contributed by atoms with Crippen LogP contribution in [0.4, 0.5) is 4.39 Å². The van der Waals surface area contributed by atoms with Crippen LogP contribution < -0.4 is 10.5 Å². The van der Waals surface area contributed by atoms with Gasteiger partial charge in [-0.1, -0.05) is 11.8 Å². The maximum atomic E-state index is 13.3. The number of methoxy groups -OCH3 is 1. The molecule has 0 heterocycles. The van der Waals surface area contributed by atoms with Gasteiger partial charge in [-0.15, -0.1) is 0 Å². The number of halogens is 1. The summed E-state index contributed by atoms with van der Waals surface area (Å²) >= 11 is 0. The molecule has 0 aromatic heterocycles. The van der Waals surface area contributed by atoms with Crippen LogP contribution in [0.3, 0.4) is 0 Å². The molecule has 0 radical (unpaired) electrons. The molecule has 78 valence electrons. The average molecular weight is 207 g/mol. The molecule has 0 fully saturated rings. The molecule has 1 aromatic rings. The van der Waals surface area contributed by atoms with Gasteiger partial charge in [0.1, 0.15) is 11.6 Å². The number of rotatable bonds is 2. The van der Waals surface area contributed by atoms with Gasteiger partial charge >= 0.3 is 0 Å². The second-order valence-electron chi connectivity index (χ2n) is 2.79. The van der Waals surface area contributed by atoms with Crippen molar-refractivity contribution in [2.45, 2.75) is 6.42 Å². The molecule has 2 N–H and O–H groups in total. The van der Waals surface area contributed by atoms with Gasteiger partial charge in [0.25, 0.3) is 0 Å². The number of hydrogen-bond acceptors (Lipinski definition) is 2. The third kappa shape index (κ3) is 3.31. The Morgan fingerprint density at radius 2 is 2.33 bits per heavy atom. The molecule has 0 bridgehead atoms. The van der Waals surface area contributed by atoms with E-state index in [1.807, 2.05) is 0 Å². The van der Waals surface area contributed by atoms with E-state index in [1.54, 1.807) is 6.07 Å². The highest BCUT2D eigenvalue weighted by molar-refractivity contribution is 5.76. The smallest absolute Gasteiger partial charge is 0.229 e. The molecule has 15 heavy (non-hydrogen) atoms. The molecule has 1 rings (SSSR count). The van der Waals surface area contributed by atoms with Crippen molar-refractivity contribution in [1.82, 2.24) is 0 Å². The van der Waals surface area contributed by atoms with Gasteiger partial charge in [-0.05, 0) is 12.1 Å². The summed E-state index contributed by atoms with van der Waals surface area (Å²) in [5.74, 6) is 4.40. The number of nitrogens with two attached hydrogens (primary N) is 1. The van der Waals surface area contributed by atoms with Crippen LogP contribution in [0.25, 0.3) is 0 Å². The average Bonchev–Trinajstić information content (AvgIpc) is 2.20. The first-order chi connectivity index (χ1) is 7.13. The fourth-order valence-electron chi connectivity index (χ4n) is 0.951. The number of hydrogen-bond donors (Lipinski definition) is 1. The Balaban J connectivity index is 2.85. The van der Waals surface area contributed by atoms with Gasteiger partial charge in [0.15, 0.2) is 0 Å². The number of amides is 1. The zero-order valence-electron chi connectivity index (χ0n) is 8.21. The predicted molar refractivity (Wildman–Crippen MR) is 53.6 cm³/mol. The molecule has 0 spiro atoms. The summed E-state index contributed by atoms with van der Waals surface area (Å²) in [4.78, 5) is 10.4. The van der Waals surface area contributed by atoms with Crippen LogP contribution in [-0.2, 0) is 4.79 Å². The van der Waals surface area contributed by atoms with E-state index in [4.69, 9.17) is 10.5 Å². The minimum atomic E-state index is -0.531. The van der Waals surface area contributed by atoms with Gasteiger partial charge in [-0.2, -0.15) is 0 Å². The first-order valence-corrected chi connectivity index (χ1v) is 4.24. The molecule has 0 saturated carbocycles. The van der Waals surface area contributed by atoms with Gasteiger partial charge < -0.3 is 10.5 Å². The number of primary amides is 1. The van der Waals surface area contributed by atoms with Gasteiger partial charge in [0.2, 0.25) is 5.91 Å². The normalized spacial score (nSPS) is 8.93. The molecule has 0 aliphatic carbocycles. The Morgan fingerprint density at radius 1 is 1.60 bits per heavy atom. The molecule has 0 saturated heterocycles. The summed E-state index contributed by atoms with van der Waals surface area (Å²) in [5, 5.41) is 0. The van der Waals surface area contributed by atoms with Crippen LogP contribution in [0.15, 0.2) is 18.2 Å². The van der Waals surface area contributed by atoms with E-state index in [0.717, 1.165) is 0 Å². The maximum absolute atomic E-state index is 13.3. The van der Waals surface area contributed by atoms with Gasteiger partial charge in [-0.3, -0.25) is 4.79 Å². The highest BCUT2D eigenvalue weighted by Gasteiger charge is 2.00. The minimum absolute atomic E-state index is 0.0779. The highest BCUT2D eigenvalue weighted by atomic mass is 19.1. The van der Waals surface area contributed by atoms with Gasteiger partial charge in [0.05, 0.1) is 19.1 Å². The third-order valence-corrected chi connectivity index (χ3v) is 1.66. The lowest BCUT2D eigenvalue weighted by Crippen LogP contribution is -2.08. The van der Waals surface area contributed by atoms with Crippen molar-refractivity contribution in [3.8, 4) is 17.6 Å². The minimum Gasteiger partial charge on any atom is -0.497 e. The Morgan fingerprint density at radius 3 is 2.87 bits per heavy atom. The summed E-state index contributed by atoms with van der Waals surface area (Å²) in [7, 11) is 1.45. The van der Waals surface area contributed by atoms with Crippen molar-refractivity contribution in [1.29, 1.82) is 0 Å². The largest absolute Gasteiger partial charge is 0.497 e. The van der Waals surface area contributed by atoms with Crippen molar-refractivity contribution in [3.05, 3.63) is 29.6 Å². The molecule has 1 aromatic carbocycles. The van der Waals surface area contributed by atoms with E-state index in [1.165, 1.54) is 19.2 Å². The Kier molecular flexibility index (Phi) is 3.69. The van der Waals surface area contributed by atoms with Crippen molar-refractivity contribution in [2.75, 3.05) is 7.11 Å². The predicted octanol–water partition coefficient (Wildman–Crippen LogP) is 1.06. The van der Waals surface area contributed by atoms with Crippen LogP contribution in [-0.4, -0.2) is 13.0 Å². The quantitative estimate of drug-likeness (QED) is 0.737. The Labute approximate surface area is 87.0 Å². The third-order valence-electron chi connectivity index (χ3n) is 1.66. The molecular weight excluding hydrogens is 197 g/mol. The van der Waals surface area contributed by atoms with E-state index in [2.05, 4.69) is 11.8 Å². The highest BCUT2D eigenvalue weighted by Crippen LogP contribution is 2.15. The summed E-state index contributed by atoms with van der Waals surface area (Å²) in [6.07, 6.45) is -0.0779. The van der Waals surface area contributed by atoms with Crippen molar-refractivity contribution in [2.24, 2.45) is 5.73 Å². The van der Waals surface area contributed by atoms with E-state index in [-0.39, 0.29) is 12.0 Å². The van der Waals surface area contributed by atoms with E-state index in [0.29, 0.717) is 5.75 Å². The lowest BCUT2D eigenvalue weighted by Gasteiger charge is -1.99. The van der Waals surface area contributed by atoms with E-state index >= 15 is 0 Å². The van der Waals surface area contributed by atoms with E-state index < -0.39 is 11.7 Å². The molecular formula is C11H10FNO2. The van der Waals surface area contributed by atoms with Crippen LogP contribution in [0, 0.1) is 17.7 Å². The first-order valence-electron chi connectivity index (χ1n) is 4.24.